The first-order valence-electron chi connectivity index (χ1n) is 19.7. The van der Waals surface area contributed by atoms with Gasteiger partial charge in [0.05, 0.1) is 24.4 Å². The van der Waals surface area contributed by atoms with E-state index in [2.05, 4.69) is 20.0 Å². The lowest BCUT2D eigenvalue weighted by Crippen LogP contribution is -2.52. The van der Waals surface area contributed by atoms with E-state index >= 15 is 4.39 Å². The van der Waals surface area contributed by atoms with Gasteiger partial charge in [-0.1, -0.05) is 0 Å². The molecular weight excluding hydrogens is 667 g/mol. The highest BCUT2D eigenvalue weighted by Crippen LogP contribution is 2.36. The van der Waals surface area contributed by atoms with Crippen molar-refractivity contribution in [1.29, 1.82) is 0 Å². The Morgan fingerprint density at radius 1 is 0.827 bits per heavy atom. The molecular formula is C39H57FN6O6. The quantitative estimate of drug-likeness (QED) is 0.398. The number of nitrogens with zero attached hydrogens (tertiary/aromatic N) is 5. The summed E-state index contributed by atoms with van der Waals surface area (Å²) in [4.78, 5) is 60.1. The molecule has 0 radical (unpaired) electrons. The van der Waals surface area contributed by atoms with Gasteiger partial charge in [-0.25, -0.2) is 9.18 Å². The number of piperazine rings is 1. The summed E-state index contributed by atoms with van der Waals surface area (Å²) >= 11 is 0. The molecule has 7 rings (SSSR count). The lowest BCUT2D eigenvalue weighted by atomic mass is 9.86. The van der Waals surface area contributed by atoms with Gasteiger partial charge >= 0.3 is 6.09 Å². The number of benzene rings is 1. The number of carbonyl (C=O) groups excluding carboxylic acids is 4. The second-order valence-corrected chi connectivity index (χ2v) is 17.0. The highest BCUT2D eigenvalue weighted by Gasteiger charge is 2.41. The average molecular weight is 725 g/mol. The topological polar surface area (TPSA) is 115 Å². The third kappa shape index (κ3) is 8.57. The van der Waals surface area contributed by atoms with Crippen LogP contribution in [0.25, 0.3) is 0 Å². The van der Waals surface area contributed by atoms with Crippen molar-refractivity contribution in [3.63, 3.8) is 0 Å². The molecule has 12 nitrogen and oxygen atoms in total. The van der Waals surface area contributed by atoms with Gasteiger partial charge in [0.15, 0.2) is 5.82 Å². The number of fused-ring (bicyclic) bond motifs is 1. The van der Waals surface area contributed by atoms with Crippen molar-refractivity contribution in [1.82, 2.24) is 24.9 Å². The predicted octanol–water partition coefficient (Wildman–Crippen LogP) is 4.01. The summed E-state index contributed by atoms with van der Waals surface area (Å²) in [6, 6.07) is 2.62. The molecule has 2 atom stereocenters. The lowest BCUT2D eigenvalue weighted by Gasteiger charge is -2.40. The van der Waals surface area contributed by atoms with Crippen molar-refractivity contribution >= 4 is 29.5 Å². The molecule has 1 aromatic rings. The van der Waals surface area contributed by atoms with Crippen molar-refractivity contribution in [2.24, 2.45) is 11.8 Å². The van der Waals surface area contributed by atoms with E-state index in [-0.39, 0.29) is 55.3 Å². The van der Waals surface area contributed by atoms with Crippen molar-refractivity contribution in [3.05, 3.63) is 29.1 Å². The highest BCUT2D eigenvalue weighted by molar-refractivity contribution is 6.05. The fourth-order valence-corrected chi connectivity index (χ4v) is 9.15. The Morgan fingerprint density at radius 3 is 2.13 bits per heavy atom. The van der Waals surface area contributed by atoms with Gasteiger partial charge in [0.25, 0.3) is 5.91 Å². The minimum atomic E-state index is -0.756. The lowest BCUT2D eigenvalue weighted by molar-refractivity contribution is -0.136. The van der Waals surface area contributed by atoms with Crippen LogP contribution in [0.2, 0.25) is 0 Å². The third-order valence-corrected chi connectivity index (χ3v) is 12.0. The van der Waals surface area contributed by atoms with Gasteiger partial charge in [-0.05, 0) is 96.1 Å². The summed E-state index contributed by atoms with van der Waals surface area (Å²) in [6.07, 6.45) is 8.00. The van der Waals surface area contributed by atoms with Gasteiger partial charge in [0.1, 0.15) is 11.6 Å². The molecule has 52 heavy (non-hydrogen) atoms. The summed E-state index contributed by atoms with van der Waals surface area (Å²) < 4.78 is 28.0. The molecule has 0 bridgehead atoms. The van der Waals surface area contributed by atoms with E-state index in [9.17, 15) is 19.2 Å². The van der Waals surface area contributed by atoms with Crippen molar-refractivity contribution < 1.29 is 33.0 Å². The maximum absolute atomic E-state index is 15.9. The Balaban J connectivity index is 0.793. The van der Waals surface area contributed by atoms with Crippen LogP contribution in [0.5, 0.6) is 0 Å². The Morgan fingerprint density at radius 2 is 1.48 bits per heavy atom. The van der Waals surface area contributed by atoms with Crippen LogP contribution in [0.3, 0.4) is 0 Å². The van der Waals surface area contributed by atoms with Crippen LogP contribution in [-0.4, -0.2) is 133 Å². The second kappa shape index (κ2) is 15.6. The normalized spacial score (nSPS) is 28.4. The summed E-state index contributed by atoms with van der Waals surface area (Å²) in [5.41, 5.74) is 0.682. The summed E-state index contributed by atoms with van der Waals surface area (Å²) in [6.45, 7) is 15.4. The van der Waals surface area contributed by atoms with Gasteiger partial charge in [-0.15, -0.1) is 0 Å². The van der Waals surface area contributed by atoms with E-state index in [0.29, 0.717) is 41.7 Å². The van der Waals surface area contributed by atoms with Crippen LogP contribution < -0.4 is 10.2 Å². The number of halogens is 1. The van der Waals surface area contributed by atoms with Gasteiger partial charge in [0, 0.05) is 83.0 Å². The third-order valence-electron chi connectivity index (χ3n) is 12.0. The van der Waals surface area contributed by atoms with Gasteiger partial charge in [-0.2, -0.15) is 0 Å². The summed E-state index contributed by atoms with van der Waals surface area (Å²) in [7, 11) is 0. The molecule has 0 aromatic heterocycles. The predicted molar refractivity (Wildman–Crippen MR) is 193 cm³/mol. The number of likely N-dealkylation sites (tertiary alicyclic amines) is 1. The minimum absolute atomic E-state index is 0.0384. The van der Waals surface area contributed by atoms with Crippen LogP contribution >= 0.6 is 0 Å². The Labute approximate surface area is 307 Å². The molecule has 4 saturated heterocycles. The largest absolute Gasteiger partial charge is 0.444 e. The minimum Gasteiger partial charge on any atom is -0.444 e. The van der Waals surface area contributed by atoms with E-state index < -0.39 is 17.6 Å². The zero-order valence-electron chi connectivity index (χ0n) is 31.2. The maximum Gasteiger partial charge on any atom is 0.410 e. The van der Waals surface area contributed by atoms with E-state index in [1.54, 1.807) is 12.1 Å². The SMILES string of the molecule is CC(C)(C)OC(=O)N1CC[C@H](CN2CCN(CC3CCC(OC4CCN(c5ccc6c(c5F)CN(C5CCC(=O)NC5=O)C6=O)CC4)CC3)CC2)C1. The first-order chi connectivity index (χ1) is 24.9. The number of hydrogen-bond donors (Lipinski definition) is 1. The van der Waals surface area contributed by atoms with Crippen molar-refractivity contribution in [2.45, 2.75) is 109 Å². The molecule has 13 heteroatoms. The molecule has 5 aliphatic heterocycles. The van der Waals surface area contributed by atoms with E-state index in [0.717, 1.165) is 84.5 Å². The number of hydrogen-bond acceptors (Lipinski definition) is 9. The molecule has 1 N–H and O–H groups in total. The molecule has 6 aliphatic rings. The molecule has 5 heterocycles. The number of ether oxygens (including phenoxy) is 2. The van der Waals surface area contributed by atoms with Crippen LogP contribution in [-0.2, 0) is 25.6 Å². The van der Waals surface area contributed by atoms with E-state index in [4.69, 9.17) is 9.47 Å². The fourth-order valence-electron chi connectivity index (χ4n) is 9.15. The number of piperidine rings is 2. The number of amides is 4. The van der Waals surface area contributed by atoms with Gasteiger partial charge in [-0.3, -0.25) is 19.7 Å². The van der Waals surface area contributed by atoms with Gasteiger partial charge in [0.2, 0.25) is 11.8 Å². The van der Waals surface area contributed by atoms with Crippen LogP contribution in [0.4, 0.5) is 14.9 Å². The molecule has 1 aromatic carbocycles. The second-order valence-electron chi connectivity index (χ2n) is 17.0. The Hall–Kier alpha value is -3.29. The maximum atomic E-state index is 15.9. The average Bonchev–Trinajstić information content (AvgIpc) is 3.71. The number of imide groups is 1. The number of anilines is 1. The van der Waals surface area contributed by atoms with Crippen LogP contribution in [0.1, 0.15) is 94.5 Å². The molecule has 1 saturated carbocycles. The summed E-state index contributed by atoms with van der Waals surface area (Å²) in [5, 5.41) is 2.30. The number of rotatable bonds is 8. The number of nitrogens with one attached hydrogen (secondary N) is 1. The van der Waals surface area contributed by atoms with E-state index in [1.165, 1.54) is 17.7 Å². The van der Waals surface area contributed by atoms with Crippen LogP contribution in [0.15, 0.2) is 12.1 Å². The molecule has 1 aliphatic carbocycles. The number of carbonyl (C=O) groups is 4. The summed E-state index contributed by atoms with van der Waals surface area (Å²) in [5.74, 6) is -0.342. The molecule has 1 unspecified atom stereocenters. The van der Waals surface area contributed by atoms with Crippen LogP contribution in [0, 0.1) is 17.7 Å². The Bertz CT molecular complexity index is 1490. The standard InChI is InChI=1S/C39H57FN6O6/c1-39(2,3)52-38(50)45-15-12-27(24-45)23-43-20-18-42(19-21-43)22-26-4-6-28(7-5-26)51-29-13-16-44(17-14-29)32-9-8-30-31(35(32)40)25-46(37(30)49)33-10-11-34(47)41-36(33)48/h8-9,26-29,33H,4-7,10-25H2,1-3H3,(H,41,47,48)/t26?,27-,28?,33?/m1/s1. The molecule has 4 amide bonds. The highest BCUT2D eigenvalue weighted by atomic mass is 19.1. The monoisotopic (exact) mass is 724 g/mol. The first kappa shape index (κ1) is 37.0. The van der Waals surface area contributed by atoms with E-state index in [1.807, 2.05) is 25.7 Å². The fraction of sp³-hybridized carbons (Fsp3) is 0.744. The molecule has 0 spiro atoms. The van der Waals surface area contributed by atoms with Crippen molar-refractivity contribution in [3.8, 4) is 0 Å². The van der Waals surface area contributed by atoms with Crippen molar-refractivity contribution in [2.75, 3.05) is 70.3 Å². The smallest absolute Gasteiger partial charge is 0.410 e. The zero-order valence-corrected chi connectivity index (χ0v) is 31.2. The molecule has 5 fully saturated rings. The zero-order chi connectivity index (χ0) is 36.6. The first-order valence-corrected chi connectivity index (χ1v) is 19.7. The molecule has 286 valence electrons. The van der Waals surface area contributed by atoms with Gasteiger partial charge < -0.3 is 34.0 Å². The Kier molecular flexibility index (Phi) is 11.1.